The summed E-state index contributed by atoms with van der Waals surface area (Å²) < 4.78 is 0. The van der Waals surface area contributed by atoms with Crippen molar-refractivity contribution in [3.05, 3.63) is 18.2 Å². The number of nitrogens with zero attached hydrogens (tertiary/aromatic N) is 1. The van der Waals surface area contributed by atoms with Gasteiger partial charge in [-0.2, -0.15) is 0 Å². The van der Waals surface area contributed by atoms with E-state index in [1.807, 2.05) is 12.4 Å². The Balaban J connectivity index is 1.90. The molecule has 0 aromatic carbocycles. The second kappa shape index (κ2) is 5.31. The highest BCUT2D eigenvalue weighted by Gasteiger charge is 2.18. The molecule has 0 aliphatic heterocycles. The molecule has 1 aliphatic carbocycles. The smallest absolute Gasteiger partial charge is 0.123 e. The summed E-state index contributed by atoms with van der Waals surface area (Å²) in [5.41, 5.74) is 0. The van der Waals surface area contributed by atoms with Crippen LogP contribution in [0, 0.1) is 0 Å². The van der Waals surface area contributed by atoms with Gasteiger partial charge in [0.2, 0.25) is 0 Å². The lowest BCUT2D eigenvalue weighted by molar-refractivity contribution is 0.329. The monoisotopic (exact) mass is 207 g/mol. The van der Waals surface area contributed by atoms with Crippen molar-refractivity contribution in [2.24, 2.45) is 0 Å². The van der Waals surface area contributed by atoms with Gasteiger partial charge in [0.1, 0.15) is 5.82 Å². The van der Waals surface area contributed by atoms with E-state index in [9.17, 15) is 0 Å². The van der Waals surface area contributed by atoms with Crippen molar-refractivity contribution < 1.29 is 0 Å². The molecule has 15 heavy (non-hydrogen) atoms. The van der Waals surface area contributed by atoms with Crippen LogP contribution in [0.25, 0.3) is 0 Å². The van der Waals surface area contributed by atoms with Gasteiger partial charge in [-0.15, -0.1) is 0 Å². The largest absolute Gasteiger partial charge is 0.347 e. The van der Waals surface area contributed by atoms with E-state index in [0.717, 1.165) is 12.2 Å². The molecule has 0 bridgehead atoms. The van der Waals surface area contributed by atoms with Crippen molar-refractivity contribution in [1.29, 1.82) is 0 Å². The summed E-state index contributed by atoms with van der Waals surface area (Å²) in [5.74, 6) is 1.09. The average molecular weight is 207 g/mol. The zero-order valence-corrected chi connectivity index (χ0v) is 9.50. The number of rotatable bonds is 4. The molecule has 0 spiro atoms. The van der Waals surface area contributed by atoms with Gasteiger partial charge in [0.05, 0.1) is 6.04 Å². The number of aromatic nitrogens is 2. The van der Waals surface area contributed by atoms with Gasteiger partial charge in [-0.05, 0) is 19.3 Å². The molecule has 3 nitrogen and oxygen atoms in total. The number of hydrogen-bond donors (Lipinski definition) is 2. The minimum absolute atomic E-state index is 0.406. The highest BCUT2D eigenvalue weighted by Crippen LogP contribution is 2.21. The second-order valence-corrected chi connectivity index (χ2v) is 4.44. The van der Waals surface area contributed by atoms with E-state index in [2.05, 4.69) is 22.2 Å². The van der Waals surface area contributed by atoms with E-state index in [4.69, 9.17) is 0 Å². The third kappa shape index (κ3) is 2.81. The first-order valence-corrected chi connectivity index (χ1v) is 6.15. The number of aromatic amines is 1. The maximum Gasteiger partial charge on any atom is 0.123 e. The Morgan fingerprint density at radius 1 is 1.47 bits per heavy atom. The van der Waals surface area contributed by atoms with Crippen LogP contribution in [0.1, 0.15) is 57.3 Å². The number of H-pyrrole nitrogens is 1. The normalized spacial score (nSPS) is 20.3. The molecule has 3 heteroatoms. The summed E-state index contributed by atoms with van der Waals surface area (Å²) in [4.78, 5) is 7.54. The van der Waals surface area contributed by atoms with E-state index in [-0.39, 0.29) is 0 Å². The summed E-state index contributed by atoms with van der Waals surface area (Å²) >= 11 is 0. The number of imidazole rings is 1. The van der Waals surface area contributed by atoms with Gasteiger partial charge >= 0.3 is 0 Å². The summed E-state index contributed by atoms with van der Waals surface area (Å²) in [6.07, 6.45) is 11.7. The molecule has 2 rings (SSSR count). The van der Waals surface area contributed by atoms with Crippen LogP contribution in [0.5, 0.6) is 0 Å². The predicted octanol–water partition coefficient (Wildman–Crippen LogP) is 2.78. The van der Waals surface area contributed by atoms with Crippen LogP contribution in [-0.2, 0) is 0 Å². The van der Waals surface area contributed by atoms with Crippen LogP contribution in [0.4, 0.5) is 0 Å². The quantitative estimate of drug-likeness (QED) is 0.797. The van der Waals surface area contributed by atoms with Gasteiger partial charge in [-0.1, -0.05) is 26.2 Å². The van der Waals surface area contributed by atoms with Gasteiger partial charge in [0.25, 0.3) is 0 Å². The number of hydrogen-bond acceptors (Lipinski definition) is 2. The molecule has 1 fully saturated rings. The Morgan fingerprint density at radius 3 is 2.87 bits per heavy atom. The van der Waals surface area contributed by atoms with Crippen molar-refractivity contribution in [2.75, 3.05) is 0 Å². The lowest BCUT2D eigenvalue weighted by Gasteiger charge is -2.27. The Bertz CT molecular complexity index is 262. The van der Waals surface area contributed by atoms with Crippen LogP contribution in [0.2, 0.25) is 0 Å². The fraction of sp³-hybridized carbons (Fsp3) is 0.750. The van der Waals surface area contributed by atoms with E-state index < -0.39 is 0 Å². The molecule has 0 saturated heterocycles. The van der Waals surface area contributed by atoms with Crippen LogP contribution >= 0.6 is 0 Å². The van der Waals surface area contributed by atoms with Crippen LogP contribution < -0.4 is 5.32 Å². The highest BCUT2D eigenvalue weighted by atomic mass is 15.0. The topological polar surface area (TPSA) is 40.7 Å². The molecule has 1 heterocycles. The standard InChI is InChI=1S/C12H21N3/c1-2-11(12-13-8-9-14-12)15-10-6-4-3-5-7-10/h8-11,15H,2-7H2,1H3,(H,13,14). The van der Waals surface area contributed by atoms with E-state index in [1.165, 1.54) is 32.1 Å². The third-order valence-electron chi connectivity index (χ3n) is 3.30. The van der Waals surface area contributed by atoms with Crippen LogP contribution in [0.15, 0.2) is 12.4 Å². The molecule has 0 radical (unpaired) electrons. The van der Waals surface area contributed by atoms with Gasteiger partial charge in [-0.3, -0.25) is 0 Å². The fourth-order valence-electron chi connectivity index (χ4n) is 2.41. The van der Waals surface area contributed by atoms with Gasteiger partial charge in [0.15, 0.2) is 0 Å². The molecule has 1 atom stereocenters. The Hall–Kier alpha value is -0.830. The van der Waals surface area contributed by atoms with Gasteiger partial charge < -0.3 is 10.3 Å². The Kier molecular flexibility index (Phi) is 3.78. The van der Waals surface area contributed by atoms with E-state index in [1.54, 1.807) is 0 Å². The lowest BCUT2D eigenvalue weighted by atomic mass is 9.94. The molecule has 0 amide bonds. The minimum atomic E-state index is 0.406. The first-order valence-electron chi connectivity index (χ1n) is 6.15. The van der Waals surface area contributed by atoms with Gasteiger partial charge in [0, 0.05) is 18.4 Å². The molecule has 1 unspecified atom stereocenters. The maximum absolute atomic E-state index is 4.33. The average Bonchev–Trinajstić information content (AvgIpc) is 2.81. The molecule has 1 aromatic rings. The summed E-state index contributed by atoms with van der Waals surface area (Å²) in [7, 11) is 0. The number of nitrogens with one attached hydrogen (secondary N) is 2. The zero-order valence-electron chi connectivity index (χ0n) is 9.50. The summed E-state index contributed by atoms with van der Waals surface area (Å²) in [6, 6.07) is 1.11. The SMILES string of the molecule is CCC(NC1CCCCC1)c1ncc[nH]1. The molecular formula is C12H21N3. The molecule has 1 aliphatic rings. The summed E-state index contributed by atoms with van der Waals surface area (Å²) in [5, 5.41) is 3.71. The zero-order chi connectivity index (χ0) is 10.5. The third-order valence-corrected chi connectivity index (χ3v) is 3.30. The molecule has 84 valence electrons. The van der Waals surface area contributed by atoms with Crippen molar-refractivity contribution in [1.82, 2.24) is 15.3 Å². The maximum atomic E-state index is 4.33. The molecule has 1 aromatic heterocycles. The fourth-order valence-corrected chi connectivity index (χ4v) is 2.41. The minimum Gasteiger partial charge on any atom is -0.347 e. The molecular weight excluding hydrogens is 186 g/mol. The van der Waals surface area contributed by atoms with Gasteiger partial charge in [-0.25, -0.2) is 4.98 Å². The predicted molar refractivity (Wildman–Crippen MR) is 61.6 cm³/mol. The summed E-state index contributed by atoms with van der Waals surface area (Å²) in [6.45, 7) is 2.21. The second-order valence-electron chi connectivity index (χ2n) is 4.44. The molecule has 2 N–H and O–H groups in total. The van der Waals surface area contributed by atoms with Crippen molar-refractivity contribution in [2.45, 2.75) is 57.5 Å². The van der Waals surface area contributed by atoms with Crippen LogP contribution in [-0.4, -0.2) is 16.0 Å². The first-order chi connectivity index (χ1) is 7.40. The highest BCUT2D eigenvalue weighted by molar-refractivity contribution is 4.96. The van der Waals surface area contributed by atoms with E-state index in [0.29, 0.717) is 12.1 Å². The molecule has 1 saturated carbocycles. The Morgan fingerprint density at radius 2 is 2.27 bits per heavy atom. The van der Waals surface area contributed by atoms with Crippen molar-refractivity contribution >= 4 is 0 Å². The Labute approximate surface area is 91.7 Å². The van der Waals surface area contributed by atoms with Crippen molar-refractivity contribution in [3.63, 3.8) is 0 Å². The first kappa shape index (κ1) is 10.7. The van der Waals surface area contributed by atoms with Crippen molar-refractivity contribution in [3.8, 4) is 0 Å². The van der Waals surface area contributed by atoms with E-state index >= 15 is 0 Å². The lowest BCUT2D eigenvalue weighted by Crippen LogP contribution is -2.34. The van der Waals surface area contributed by atoms with Crippen LogP contribution in [0.3, 0.4) is 0 Å².